The smallest absolute Gasteiger partial charge is 0.335 e. The molecule has 6 heteroatoms. The molecule has 0 spiro atoms. The van der Waals surface area contributed by atoms with E-state index in [-0.39, 0.29) is 43.0 Å². The highest BCUT2D eigenvalue weighted by Crippen LogP contribution is 2.23. The standard InChI is InChI=1S/C16H20FNO4/c1-10(2)15(19)18-8-12(17)7-13(18)9-22-14-5-3-11(4-6-14)16(20)21/h3-6,10,12-13H,7-9H2,1-2H3,(H,20,21)/t12-,13+/m1/s1. The Kier molecular flexibility index (Phi) is 5.00. The van der Waals surface area contributed by atoms with Crippen molar-refractivity contribution in [1.29, 1.82) is 0 Å². The average molecular weight is 309 g/mol. The van der Waals surface area contributed by atoms with Gasteiger partial charge in [0.15, 0.2) is 0 Å². The van der Waals surface area contributed by atoms with Crippen LogP contribution in [0.4, 0.5) is 4.39 Å². The largest absolute Gasteiger partial charge is 0.491 e. The van der Waals surface area contributed by atoms with Gasteiger partial charge in [0.1, 0.15) is 18.5 Å². The molecule has 2 atom stereocenters. The number of benzene rings is 1. The summed E-state index contributed by atoms with van der Waals surface area (Å²) in [6, 6.07) is 5.71. The number of carbonyl (C=O) groups is 2. The van der Waals surface area contributed by atoms with Crippen LogP contribution in [0.15, 0.2) is 24.3 Å². The Bertz CT molecular complexity index is 544. The second-order valence-electron chi connectivity index (χ2n) is 5.77. The van der Waals surface area contributed by atoms with E-state index in [1.165, 1.54) is 12.1 Å². The Balaban J connectivity index is 1.97. The lowest BCUT2D eigenvalue weighted by atomic mass is 10.1. The molecule has 0 saturated carbocycles. The number of alkyl halides is 1. The molecule has 120 valence electrons. The molecule has 0 unspecified atom stereocenters. The molecule has 5 nitrogen and oxygen atoms in total. The van der Waals surface area contributed by atoms with Crippen molar-refractivity contribution in [3.05, 3.63) is 29.8 Å². The van der Waals surface area contributed by atoms with Crippen LogP contribution >= 0.6 is 0 Å². The number of carbonyl (C=O) groups excluding carboxylic acids is 1. The number of hydrogen-bond acceptors (Lipinski definition) is 3. The van der Waals surface area contributed by atoms with E-state index in [1.54, 1.807) is 30.9 Å². The molecule has 1 amide bonds. The predicted molar refractivity (Wildman–Crippen MR) is 78.7 cm³/mol. The van der Waals surface area contributed by atoms with Gasteiger partial charge in [0, 0.05) is 12.3 Å². The maximum atomic E-state index is 13.6. The van der Waals surface area contributed by atoms with E-state index in [9.17, 15) is 14.0 Å². The second kappa shape index (κ2) is 6.77. The van der Waals surface area contributed by atoms with Crippen molar-refractivity contribution >= 4 is 11.9 Å². The van der Waals surface area contributed by atoms with Gasteiger partial charge in [-0.1, -0.05) is 13.8 Å². The summed E-state index contributed by atoms with van der Waals surface area (Å²) in [6.07, 6.45) is -0.753. The lowest BCUT2D eigenvalue weighted by molar-refractivity contribution is -0.136. The van der Waals surface area contributed by atoms with Gasteiger partial charge in [-0.05, 0) is 24.3 Å². The van der Waals surface area contributed by atoms with Crippen LogP contribution in [0, 0.1) is 5.92 Å². The van der Waals surface area contributed by atoms with Crippen molar-refractivity contribution in [2.24, 2.45) is 5.92 Å². The lowest BCUT2D eigenvalue weighted by Gasteiger charge is -2.26. The van der Waals surface area contributed by atoms with Gasteiger partial charge in [-0.15, -0.1) is 0 Å². The number of carboxylic acids is 1. The molecule has 0 aromatic heterocycles. The number of aromatic carboxylic acids is 1. The topological polar surface area (TPSA) is 66.8 Å². The summed E-state index contributed by atoms with van der Waals surface area (Å²) in [5.41, 5.74) is 0.175. The van der Waals surface area contributed by atoms with Crippen molar-refractivity contribution in [2.45, 2.75) is 32.5 Å². The van der Waals surface area contributed by atoms with E-state index in [4.69, 9.17) is 9.84 Å². The van der Waals surface area contributed by atoms with Gasteiger partial charge in [-0.2, -0.15) is 0 Å². The third-order valence-corrected chi connectivity index (χ3v) is 3.68. The van der Waals surface area contributed by atoms with Crippen LogP contribution in [0.25, 0.3) is 0 Å². The number of likely N-dealkylation sites (tertiary alicyclic amines) is 1. The third-order valence-electron chi connectivity index (χ3n) is 3.68. The quantitative estimate of drug-likeness (QED) is 0.906. The normalized spacial score (nSPS) is 21.2. The molecule has 1 saturated heterocycles. The number of ether oxygens (including phenoxy) is 1. The Morgan fingerprint density at radius 3 is 2.55 bits per heavy atom. The molecular formula is C16H20FNO4. The van der Waals surface area contributed by atoms with Crippen molar-refractivity contribution < 1.29 is 23.8 Å². The number of nitrogens with zero attached hydrogens (tertiary/aromatic N) is 1. The van der Waals surface area contributed by atoms with E-state index >= 15 is 0 Å². The molecule has 1 N–H and O–H groups in total. The Hall–Kier alpha value is -2.11. The first-order valence-electron chi connectivity index (χ1n) is 7.29. The second-order valence-corrected chi connectivity index (χ2v) is 5.77. The minimum atomic E-state index is -1.02. The fraction of sp³-hybridized carbons (Fsp3) is 0.500. The highest BCUT2D eigenvalue weighted by Gasteiger charge is 2.36. The molecule has 1 aromatic rings. The molecule has 1 aliphatic heterocycles. The third kappa shape index (κ3) is 3.75. The molecule has 2 rings (SSSR count). The first-order valence-corrected chi connectivity index (χ1v) is 7.29. The molecule has 1 aliphatic rings. The number of halogens is 1. The van der Waals surface area contributed by atoms with Crippen LogP contribution in [0.3, 0.4) is 0 Å². The zero-order valence-corrected chi connectivity index (χ0v) is 12.7. The molecule has 22 heavy (non-hydrogen) atoms. The fourth-order valence-corrected chi connectivity index (χ4v) is 2.51. The fourth-order valence-electron chi connectivity index (χ4n) is 2.51. The summed E-state index contributed by atoms with van der Waals surface area (Å²) in [6.45, 7) is 3.89. The summed E-state index contributed by atoms with van der Waals surface area (Å²) in [5.74, 6) is -0.752. The van der Waals surface area contributed by atoms with Crippen molar-refractivity contribution in [3.8, 4) is 5.75 Å². The molecule has 1 heterocycles. The van der Waals surface area contributed by atoms with E-state index in [0.717, 1.165) is 0 Å². The van der Waals surface area contributed by atoms with E-state index in [0.29, 0.717) is 5.75 Å². The van der Waals surface area contributed by atoms with Crippen LogP contribution in [0.5, 0.6) is 5.75 Å². The highest BCUT2D eigenvalue weighted by atomic mass is 19.1. The average Bonchev–Trinajstić information content (AvgIpc) is 2.85. The van der Waals surface area contributed by atoms with Gasteiger partial charge in [-0.25, -0.2) is 9.18 Å². The Morgan fingerprint density at radius 1 is 1.36 bits per heavy atom. The molecule has 1 aromatic carbocycles. The van der Waals surface area contributed by atoms with Crippen LogP contribution in [0.2, 0.25) is 0 Å². The molecule has 1 fully saturated rings. The zero-order chi connectivity index (χ0) is 16.3. The van der Waals surface area contributed by atoms with Crippen molar-refractivity contribution in [1.82, 2.24) is 4.90 Å². The predicted octanol–water partition coefficient (Wildman–Crippen LogP) is 2.36. The molecule has 0 bridgehead atoms. The number of rotatable bonds is 5. The van der Waals surface area contributed by atoms with E-state index < -0.39 is 12.1 Å². The monoisotopic (exact) mass is 309 g/mol. The number of carboxylic acid groups (broad SMARTS) is 1. The van der Waals surface area contributed by atoms with Crippen molar-refractivity contribution in [2.75, 3.05) is 13.2 Å². The maximum Gasteiger partial charge on any atom is 0.335 e. The van der Waals surface area contributed by atoms with Gasteiger partial charge < -0.3 is 14.7 Å². The summed E-state index contributed by atoms with van der Waals surface area (Å²) >= 11 is 0. The first-order chi connectivity index (χ1) is 10.4. The number of amides is 1. The van der Waals surface area contributed by atoms with Gasteiger partial charge in [-0.3, -0.25) is 4.79 Å². The summed E-state index contributed by atoms with van der Waals surface area (Å²) in [4.78, 5) is 24.4. The van der Waals surface area contributed by atoms with Crippen LogP contribution in [-0.4, -0.2) is 47.2 Å². The maximum absolute atomic E-state index is 13.6. The minimum absolute atomic E-state index is 0.0741. The van der Waals surface area contributed by atoms with Crippen LogP contribution in [-0.2, 0) is 4.79 Å². The minimum Gasteiger partial charge on any atom is -0.491 e. The van der Waals surface area contributed by atoms with E-state index in [1.807, 2.05) is 0 Å². The number of hydrogen-bond donors (Lipinski definition) is 1. The van der Waals surface area contributed by atoms with Gasteiger partial charge in [0.2, 0.25) is 5.91 Å². The lowest BCUT2D eigenvalue weighted by Crippen LogP contribution is -2.41. The molecular weight excluding hydrogens is 289 g/mol. The Labute approximate surface area is 128 Å². The first kappa shape index (κ1) is 16.3. The zero-order valence-electron chi connectivity index (χ0n) is 12.7. The molecule has 0 radical (unpaired) electrons. The summed E-state index contributed by atoms with van der Waals surface area (Å²) in [5, 5.41) is 8.83. The summed E-state index contributed by atoms with van der Waals surface area (Å²) in [7, 11) is 0. The van der Waals surface area contributed by atoms with Gasteiger partial charge in [0.05, 0.1) is 18.2 Å². The molecule has 0 aliphatic carbocycles. The van der Waals surface area contributed by atoms with E-state index in [2.05, 4.69) is 0 Å². The van der Waals surface area contributed by atoms with Crippen molar-refractivity contribution in [3.63, 3.8) is 0 Å². The highest BCUT2D eigenvalue weighted by molar-refractivity contribution is 5.87. The Morgan fingerprint density at radius 2 is 2.00 bits per heavy atom. The van der Waals surface area contributed by atoms with Crippen LogP contribution in [0.1, 0.15) is 30.6 Å². The van der Waals surface area contributed by atoms with Crippen LogP contribution < -0.4 is 4.74 Å². The van der Waals surface area contributed by atoms with Gasteiger partial charge in [0.25, 0.3) is 0 Å². The SMILES string of the molecule is CC(C)C(=O)N1C[C@H](F)C[C@H]1COc1ccc(C(=O)O)cc1. The summed E-state index contributed by atoms with van der Waals surface area (Å²) < 4.78 is 19.2. The van der Waals surface area contributed by atoms with Gasteiger partial charge >= 0.3 is 5.97 Å².